The fourth-order valence-corrected chi connectivity index (χ4v) is 4.16. The van der Waals surface area contributed by atoms with Crippen LogP contribution in [0.5, 0.6) is 0 Å². The molecule has 4 aromatic carbocycles. The molecule has 0 radical (unpaired) electrons. The van der Waals surface area contributed by atoms with E-state index in [1.165, 1.54) is 0 Å². The van der Waals surface area contributed by atoms with Gasteiger partial charge in [0.2, 0.25) is 11.7 Å². The monoisotopic (exact) mass is 480 g/mol. The number of anilines is 2. The molecule has 2 N–H and O–H groups in total. The summed E-state index contributed by atoms with van der Waals surface area (Å²) in [6.45, 7) is 0. The van der Waals surface area contributed by atoms with Crippen molar-refractivity contribution >= 4 is 45.8 Å². The van der Waals surface area contributed by atoms with E-state index in [2.05, 4.69) is 10.6 Å². The summed E-state index contributed by atoms with van der Waals surface area (Å²) in [4.78, 5) is 26.9. The highest BCUT2D eigenvalue weighted by molar-refractivity contribution is 6.30. The van der Waals surface area contributed by atoms with Gasteiger partial charge in [0.25, 0.3) is 5.91 Å². The SMILES string of the molecule is O=C(Nc1ccc(Cl)cc1)c1oc2ccccc2c1NC(=O)C(c1ccccc1)c1ccccc1. The Bertz CT molecular complexity index is 1440. The quantitative estimate of drug-likeness (QED) is 0.272. The molecule has 0 saturated carbocycles. The fraction of sp³-hybridized carbons (Fsp3) is 0.0345. The van der Waals surface area contributed by atoms with Crippen LogP contribution in [0.4, 0.5) is 11.4 Å². The molecule has 0 bridgehead atoms. The molecule has 2 amide bonds. The van der Waals surface area contributed by atoms with Gasteiger partial charge in [-0.05, 0) is 47.5 Å². The summed E-state index contributed by atoms with van der Waals surface area (Å²) in [7, 11) is 0. The van der Waals surface area contributed by atoms with Crippen molar-refractivity contribution in [1.82, 2.24) is 0 Å². The molecular formula is C29H21ClN2O3. The molecule has 0 aliphatic rings. The number of hydrogen-bond acceptors (Lipinski definition) is 3. The Labute approximate surface area is 207 Å². The van der Waals surface area contributed by atoms with E-state index in [4.69, 9.17) is 16.0 Å². The maximum absolute atomic E-state index is 13.7. The van der Waals surface area contributed by atoms with E-state index in [0.29, 0.717) is 27.4 Å². The minimum absolute atomic E-state index is 0.0226. The molecule has 5 nitrogen and oxygen atoms in total. The highest BCUT2D eigenvalue weighted by Gasteiger charge is 2.27. The molecule has 5 rings (SSSR count). The molecule has 1 heterocycles. The van der Waals surface area contributed by atoms with E-state index in [1.54, 1.807) is 30.3 Å². The number of fused-ring (bicyclic) bond motifs is 1. The van der Waals surface area contributed by atoms with Crippen molar-refractivity contribution in [1.29, 1.82) is 0 Å². The van der Waals surface area contributed by atoms with Gasteiger partial charge >= 0.3 is 0 Å². The molecule has 0 aliphatic carbocycles. The van der Waals surface area contributed by atoms with E-state index in [9.17, 15) is 9.59 Å². The molecule has 172 valence electrons. The average molecular weight is 481 g/mol. The third-order valence-corrected chi connectivity index (χ3v) is 5.93. The predicted molar refractivity (Wildman–Crippen MR) is 139 cm³/mol. The number of carbonyl (C=O) groups is 2. The molecule has 35 heavy (non-hydrogen) atoms. The highest BCUT2D eigenvalue weighted by atomic mass is 35.5. The number of furan rings is 1. The Balaban J connectivity index is 1.53. The third-order valence-electron chi connectivity index (χ3n) is 5.68. The zero-order valence-corrected chi connectivity index (χ0v) is 19.3. The van der Waals surface area contributed by atoms with Crippen molar-refractivity contribution in [3.8, 4) is 0 Å². The number of carbonyl (C=O) groups excluding carboxylic acids is 2. The molecule has 6 heteroatoms. The van der Waals surface area contributed by atoms with Gasteiger partial charge in [0, 0.05) is 16.1 Å². The van der Waals surface area contributed by atoms with Gasteiger partial charge in [-0.25, -0.2) is 0 Å². The van der Waals surface area contributed by atoms with E-state index < -0.39 is 11.8 Å². The first kappa shape index (κ1) is 22.4. The number of hydrogen-bond donors (Lipinski definition) is 2. The van der Waals surface area contributed by atoms with Crippen LogP contribution in [0.15, 0.2) is 114 Å². The zero-order chi connectivity index (χ0) is 24.2. The van der Waals surface area contributed by atoms with Crippen LogP contribution in [0.25, 0.3) is 11.0 Å². The summed E-state index contributed by atoms with van der Waals surface area (Å²) in [5, 5.41) is 7.01. The van der Waals surface area contributed by atoms with Crippen LogP contribution >= 0.6 is 11.6 Å². The number of halogens is 1. The van der Waals surface area contributed by atoms with Crippen LogP contribution in [0.2, 0.25) is 5.02 Å². The Morgan fingerprint density at radius 3 is 1.89 bits per heavy atom. The van der Waals surface area contributed by atoms with Crippen LogP contribution in [0.3, 0.4) is 0 Å². The van der Waals surface area contributed by atoms with Gasteiger partial charge in [-0.15, -0.1) is 0 Å². The second-order valence-corrected chi connectivity index (χ2v) is 8.44. The van der Waals surface area contributed by atoms with Gasteiger partial charge in [0.05, 0.1) is 5.92 Å². The van der Waals surface area contributed by atoms with Crippen molar-refractivity contribution in [2.45, 2.75) is 5.92 Å². The first-order valence-electron chi connectivity index (χ1n) is 11.1. The van der Waals surface area contributed by atoms with Crippen molar-refractivity contribution < 1.29 is 14.0 Å². The lowest BCUT2D eigenvalue weighted by Gasteiger charge is -2.18. The molecule has 0 atom stereocenters. The summed E-state index contributed by atoms with van der Waals surface area (Å²) in [6, 6.07) is 33.1. The van der Waals surface area contributed by atoms with E-state index in [-0.39, 0.29) is 11.7 Å². The number of benzene rings is 4. The highest BCUT2D eigenvalue weighted by Crippen LogP contribution is 2.34. The van der Waals surface area contributed by atoms with E-state index >= 15 is 0 Å². The maximum atomic E-state index is 13.7. The second-order valence-electron chi connectivity index (χ2n) is 8.01. The summed E-state index contributed by atoms with van der Waals surface area (Å²) in [6.07, 6.45) is 0. The summed E-state index contributed by atoms with van der Waals surface area (Å²) in [5.74, 6) is -1.29. The van der Waals surface area contributed by atoms with Crippen LogP contribution in [-0.4, -0.2) is 11.8 Å². The summed E-state index contributed by atoms with van der Waals surface area (Å²) < 4.78 is 5.90. The van der Waals surface area contributed by atoms with Crippen molar-refractivity contribution in [3.05, 3.63) is 131 Å². The van der Waals surface area contributed by atoms with Crippen molar-refractivity contribution in [3.63, 3.8) is 0 Å². The van der Waals surface area contributed by atoms with Crippen LogP contribution in [0.1, 0.15) is 27.6 Å². The van der Waals surface area contributed by atoms with Gasteiger partial charge < -0.3 is 15.1 Å². The Morgan fingerprint density at radius 2 is 1.26 bits per heavy atom. The third kappa shape index (κ3) is 4.81. The minimum Gasteiger partial charge on any atom is -0.449 e. The van der Waals surface area contributed by atoms with Gasteiger partial charge in [0.1, 0.15) is 11.3 Å². The molecule has 1 aromatic heterocycles. The van der Waals surface area contributed by atoms with E-state index in [0.717, 1.165) is 11.1 Å². The van der Waals surface area contributed by atoms with Gasteiger partial charge in [-0.1, -0.05) is 84.4 Å². The molecule has 0 fully saturated rings. The zero-order valence-electron chi connectivity index (χ0n) is 18.6. The number of rotatable bonds is 6. The summed E-state index contributed by atoms with van der Waals surface area (Å²) in [5.41, 5.74) is 3.07. The van der Waals surface area contributed by atoms with E-state index in [1.807, 2.05) is 78.9 Å². The standard InChI is InChI=1S/C29H21ClN2O3/c30-21-15-17-22(18-16-21)31-29(34)27-26(23-13-7-8-14-24(23)35-27)32-28(33)25(19-9-3-1-4-10-19)20-11-5-2-6-12-20/h1-18,25H,(H,31,34)(H,32,33). The van der Waals surface area contributed by atoms with Gasteiger partial charge in [-0.3, -0.25) is 9.59 Å². The second kappa shape index (κ2) is 9.87. The number of amides is 2. The average Bonchev–Trinajstić information content (AvgIpc) is 3.25. The molecule has 0 spiro atoms. The van der Waals surface area contributed by atoms with Crippen LogP contribution < -0.4 is 10.6 Å². The summed E-state index contributed by atoms with van der Waals surface area (Å²) >= 11 is 5.95. The number of para-hydroxylation sites is 1. The molecule has 0 saturated heterocycles. The Kier molecular flexibility index (Phi) is 6.33. The number of nitrogens with one attached hydrogen (secondary N) is 2. The smallest absolute Gasteiger partial charge is 0.293 e. The Morgan fingerprint density at radius 1 is 0.686 bits per heavy atom. The maximum Gasteiger partial charge on any atom is 0.293 e. The van der Waals surface area contributed by atoms with Crippen molar-refractivity contribution in [2.75, 3.05) is 10.6 Å². The first-order valence-corrected chi connectivity index (χ1v) is 11.5. The lowest BCUT2D eigenvalue weighted by molar-refractivity contribution is -0.116. The molecular weight excluding hydrogens is 460 g/mol. The van der Waals surface area contributed by atoms with Crippen molar-refractivity contribution in [2.24, 2.45) is 0 Å². The van der Waals surface area contributed by atoms with Gasteiger partial charge in [0.15, 0.2) is 0 Å². The van der Waals surface area contributed by atoms with Crippen LogP contribution in [0, 0.1) is 0 Å². The minimum atomic E-state index is -0.571. The Hall–Kier alpha value is -4.35. The normalized spacial score (nSPS) is 10.9. The molecule has 5 aromatic rings. The van der Waals surface area contributed by atoms with Crippen LogP contribution in [-0.2, 0) is 4.79 Å². The topological polar surface area (TPSA) is 71.3 Å². The molecule has 0 aliphatic heterocycles. The predicted octanol–water partition coefficient (Wildman–Crippen LogP) is 7.11. The van der Waals surface area contributed by atoms with Gasteiger partial charge in [-0.2, -0.15) is 0 Å². The largest absolute Gasteiger partial charge is 0.449 e. The first-order chi connectivity index (χ1) is 17.1. The lowest BCUT2D eigenvalue weighted by atomic mass is 9.90. The molecule has 0 unspecified atom stereocenters. The lowest BCUT2D eigenvalue weighted by Crippen LogP contribution is -2.23. The fourth-order valence-electron chi connectivity index (χ4n) is 4.03.